The van der Waals surface area contributed by atoms with Crippen molar-refractivity contribution in [3.05, 3.63) is 0 Å². The van der Waals surface area contributed by atoms with Crippen molar-refractivity contribution in [3.63, 3.8) is 0 Å². The zero-order valence-corrected chi connectivity index (χ0v) is 12.0. The van der Waals surface area contributed by atoms with Crippen LogP contribution in [0, 0.1) is 17.3 Å². The quantitative estimate of drug-likeness (QED) is 0.769. The summed E-state index contributed by atoms with van der Waals surface area (Å²) in [5.41, 5.74) is -0.303. The molecule has 1 N–H and O–H groups in total. The van der Waals surface area contributed by atoms with E-state index in [0.29, 0.717) is 11.8 Å². The van der Waals surface area contributed by atoms with E-state index in [4.69, 9.17) is 4.74 Å². The van der Waals surface area contributed by atoms with Crippen molar-refractivity contribution in [2.45, 2.75) is 59.0 Å². The lowest BCUT2D eigenvalue weighted by Gasteiger charge is -2.36. The summed E-state index contributed by atoms with van der Waals surface area (Å²) in [6, 6.07) is 0. The molecule has 3 heteroatoms. The van der Waals surface area contributed by atoms with Gasteiger partial charge in [-0.15, -0.1) is 0 Å². The van der Waals surface area contributed by atoms with Crippen LogP contribution in [0.2, 0.25) is 0 Å². The molecule has 0 bridgehead atoms. The van der Waals surface area contributed by atoms with Gasteiger partial charge >= 0.3 is 5.97 Å². The van der Waals surface area contributed by atoms with E-state index in [1.807, 2.05) is 6.92 Å². The van der Waals surface area contributed by atoms with E-state index in [-0.39, 0.29) is 17.5 Å². The van der Waals surface area contributed by atoms with Crippen molar-refractivity contribution in [1.29, 1.82) is 0 Å². The molecule has 0 aromatic heterocycles. The van der Waals surface area contributed by atoms with Gasteiger partial charge < -0.3 is 10.1 Å². The van der Waals surface area contributed by atoms with Crippen molar-refractivity contribution in [2.75, 3.05) is 13.1 Å². The zero-order chi connectivity index (χ0) is 13.2. The molecule has 1 heterocycles. The molecule has 104 valence electrons. The first kappa shape index (κ1) is 13.9. The molecule has 3 nitrogen and oxygen atoms in total. The highest BCUT2D eigenvalue weighted by atomic mass is 16.5. The molecule has 2 rings (SSSR count). The van der Waals surface area contributed by atoms with Crippen LogP contribution in [0.25, 0.3) is 0 Å². The summed E-state index contributed by atoms with van der Waals surface area (Å²) in [5, 5.41) is 3.31. The van der Waals surface area contributed by atoms with Crippen molar-refractivity contribution >= 4 is 5.97 Å². The fourth-order valence-corrected chi connectivity index (χ4v) is 3.49. The largest absolute Gasteiger partial charge is 0.462 e. The van der Waals surface area contributed by atoms with Crippen LogP contribution in [0.1, 0.15) is 52.9 Å². The number of ether oxygens (including phenoxy) is 1. The van der Waals surface area contributed by atoms with Gasteiger partial charge in [0.15, 0.2) is 0 Å². The average Bonchev–Trinajstić information content (AvgIpc) is 2.28. The van der Waals surface area contributed by atoms with Crippen LogP contribution in [-0.4, -0.2) is 25.2 Å². The number of hydrogen-bond donors (Lipinski definition) is 1. The lowest BCUT2D eigenvalue weighted by Crippen LogP contribution is -2.45. The molecule has 1 saturated carbocycles. The topological polar surface area (TPSA) is 38.3 Å². The van der Waals surface area contributed by atoms with Gasteiger partial charge in [0.2, 0.25) is 0 Å². The summed E-state index contributed by atoms with van der Waals surface area (Å²) in [4.78, 5) is 12.3. The van der Waals surface area contributed by atoms with Gasteiger partial charge in [0.05, 0.1) is 5.41 Å². The standard InChI is InChI=1S/C15H27NO2/c1-11-7-12(2)9-13(8-11)18-14(17)15(3)5-4-6-16-10-15/h11-13,16H,4-10H2,1-3H3. The third-order valence-electron chi connectivity index (χ3n) is 4.50. The van der Waals surface area contributed by atoms with Crippen LogP contribution < -0.4 is 5.32 Å². The Morgan fingerprint density at radius 1 is 1.22 bits per heavy atom. The second-order valence-corrected chi connectivity index (χ2v) is 6.79. The van der Waals surface area contributed by atoms with Gasteiger partial charge in [-0.05, 0) is 57.4 Å². The van der Waals surface area contributed by atoms with Gasteiger partial charge in [0.25, 0.3) is 0 Å². The second-order valence-electron chi connectivity index (χ2n) is 6.79. The van der Waals surface area contributed by atoms with Gasteiger partial charge in [-0.2, -0.15) is 0 Å². The van der Waals surface area contributed by atoms with E-state index < -0.39 is 0 Å². The number of rotatable bonds is 2. The van der Waals surface area contributed by atoms with Crippen LogP contribution in [0.3, 0.4) is 0 Å². The Morgan fingerprint density at radius 2 is 1.89 bits per heavy atom. The molecule has 1 aliphatic heterocycles. The van der Waals surface area contributed by atoms with Gasteiger partial charge in [0, 0.05) is 6.54 Å². The van der Waals surface area contributed by atoms with E-state index in [1.165, 1.54) is 6.42 Å². The lowest BCUT2D eigenvalue weighted by molar-refractivity contribution is -0.164. The minimum Gasteiger partial charge on any atom is -0.462 e. The number of carbonyl (C=O) groups is 1. The first-order valence-electron chi connectivity index (χ1n) is 7.41. The SMILES string of the molecule is CC1CC(C)CC(OC(=O)C2(C)CCCNC2)C1. The number of hydrogen-bond acceptors (Lipinski definition) is 3. The molecule has 0 radical (unpaired) electrons. The number of carbonyl (C=O) groups excluding carboxylic acids is 1. The summed E-state index contributed by atoms with van der Waals surface area (Å²) in [5.74, 6) is 1.38. The molecule has 1 aliphatic carbocycles. The Kier molecular flexibility index (Phi) is 4.31. The highest BCUT2D eigenvalue weighted by Crippen LogP contribution is 2.33. The Morgan fingerprint density at radius 3 is 2.44 bits per heavy atom. The molecule has 0 spiro atoms. The monoisotopic (exact) mass is 253 g/mol. The number of esters is 1. The van der Waals surface area contributed by atoms with Crippen LogP contribution in [0.5, 0.6) is 0 Å². The van der Waals surface area contributed by atoms with Crippen LogP contribution >= 0.6 is 0 Å². The van der Waals surface area contributed by atoms with Gasteiger partial charge in [0.1, 0.15) is 6.10 Å². The molecule has 3 atom stereocenters. The van der Waals surface area contributed by atoms with Crippen molar-refractivity contribution in [1.82, 2.24) is 5.32 Å². The van der Waals surface area contributed by atoms with E-state index in [2.05, 4.69) is 19.2 Å². The third-order valence-corrected chi connectivity index (χ3v) is 4.50. The smallest absolute Gasteiger partial charge is 0.313 e. The molecule has 18 heavy (non-hydrogen) atoms. The molecule has 2 fully saturated rings. The predicted molar refractivity (Wildman–Crippen MR) is 72.3 cm³/mol. The first-order valence-corrected chi connectivity index (χ1v) is 7.41. The molecule has 0 aromatic rings. The molecule has 3 unspecified atom stereocenters. The minimum atomic E-state index is -0.303. The molecule has 0 amide bonds. The van der Waals surface area contributed by atoms with Crippen LogP contribution in [0.4, 0.5) is 0 Å². The Hall–Kier alpha value is -0.570. The molecular weight excluding hydrogens is 226 g/mol. The van der Waals surface area contributed by atoms with Crippen molar-refractivity contribution < 1.29 is 9.53 Å². The van der Waals surface area contributed by atoms with E-state index in [9.17, 15) is 4.79 Å². The third kappa shape index (κ3) is 3.25. The maximum atomic E-state index is 12.3. The van der Waals surface area contributed by atoms with Crippen LogP contribution in [0.15, 0.2) is 0 Å². The Balaban J connectivity index is 1.90. The Bertz CT molecular complexity index is 287. The predicted octanol–water partition coefficient (Wildman–Crippen LogP) is 2.74. The first-order chi connectivity index (χ1) is 8.49. The molecule has 2 aliphatic rings. The molecule has 0 aromatic carbocycles. The van der Waals surface area contributed by atoms with Crippen LogP contribution in [-0.2, 0) is 9.53 Å². The second kappa shape index (κ2) is 5.60. The van der Waals surface area contributed by atoms with Crippen molar-refractivity contribution in [2.24, 2.45) is 17.3 Å². The summed E-state index contributed by atoms with van der Waals surface area (Å²) in [6.07, 6.45) is 5.53. The van der Waals surface area contributed by atoms with Gasteiger partial charge in [-0.25, -0.2) is 0 Å². The lowest BCUT2D eigenvalue weighted by atomic mass is 9.80. The Labute approximate surface area is 111 Å². The fraction of sp³-hybridized carbons (Fsp3) is 0.933. The van der Waals surface area contributed by atoms with E-state index in [1.54, 1.807) is 0 Å². The summed E-state index contributed by atoms with van der Waals surface area (Å²) in [7, 11) is 0. The average molecular weight is 253 g/mol. The maximum absolute atomic E-state index is 12.3. The molecular formula is C15H27NO2. The van der Waals surface area contributed by atoms with Crippen molar-refractivity contribution in [3.8, 4) is 0 Å². The molecule has 1 saturated heterocycles. The minimum absolute atomic E-state index is 0.0148. The van der Waals surface area contributed by atoms with E-state index >= 15 is 0 Å². The fourth-order valence-electron chi connectivity index (χ4n) is 3.49. The van der Waals surface area contributed by atoms with Gasteiger partial charge in [-0.3, -0.25) is 4.79 Å². The zero-order valence-electron chi connectivity index (χ0n) is 12.0. The number of piperidine rings is 1. The number of nitrogens with one attached hydrogen (secondary N) is 1. The summed E-state index contributed by atoms with van der Waals surface area (Å²) in [6.45, 7) is 8.36. The highest BCUT2D eigenvalue weighted by Gasteiger charge is 2.38. The maximum Gasteiger partial charge on any atom is 0.313 e. The van der Waals surface area contributed by atoms with Gasteiger partial charge in [-0.1, -0.05) is 13.8 Å². The normalized spacial score (nSPS) is 41.4. The summed E-state index contributed by atoms with van der Waals surface area (Å²) < 4.78 is 5.80. The van der Waals surface area contributed by atoms with E-state index in [0.717, 1.165) is 38.8 Å². The summed E-state index contributed by atoms with van der Waals surface area (Å²) >= 11 is 0. The highest BCUT2D eigenvalue weighted by molar-refractivity contribution is 5.77.